The molecule has 80 heavy (non-hydrogen) atoms. The molecule has 1 aliphatic rings. The second-order valence-corrected chi connectivity index (χ2v) is 20.5. The number of nitrogens with zero attached hydrogens (tertiary/aromatic N) is 3. The second kappa shape index (κ2) is 19.5. The zero-order valence-electron chi connectivity index (χ0n) is 47.6. The molecule has 13 aromatic carbocycles. The van der Waals surface area contributed by atoms with E-state index in [1.807, 2.05) is 95.9 Å². The molecule has 0 saturated heterocycles. The van der Waals surface area contributed by atoms with Crippen molar-refractivity contribution in [1.82, 2.24) is 4.57 Å². The molecule has 15 rings (SSSR count). The van der Waals surface area contributed by atoms with E-state index >= 15 is 0 Å². The van der Waals surface area contributed by atoms with Crippen molar-refractivity contribution in [2.45, 2.75) is 5.41 Å². The Labute approximate surface area is 472 Å². The van der Waals surface area contributed by atoms with Gasteiger partial charge in [-0.3, -0.25) is 0 Å². The standard InChI is InChI=1S/C77H53N3/c1-6-21-54(22-7-1)56-23-20-32-65(50-56)78(62-28-12-4-13-29-62)64-42-39-55(40-43-64)57-37-38-59-51-66(44-41-58(59)49-57)79(68-46-48-72-71-34-17-19-36-75(71)80(76(72)53-68)63-30-14-5-15-31-63)67-45-47-70-69-33-16-18-35-73(69)77(74(70)52-67,60-24-8-2-9-25-60)61-26-10-3-11-27-61/h1-53H/i39D,40D,42D,43D. The Morgan fingerprint density at radius 2 is 0.800 bits per heavy atom. The van der Waals surface area contributed by atoms with Crippen LogP contribution in [0.2, 0.25) is 0 Å². The largest absolute Gasteiger partial charge is 0.310 e. The fourth-order valence-electron chi connectivity index (χ4n) is 12.5. The van der Waals surface area contributed by atoms with Crippen molar-refractivity contribution in [1.29, 1.82) is 0 Å². The van der Waals surface area contributed by atoms with Gasteiger partial charge in [-0.15, -0.1) is 0 Å². The molecule has 0 atom stereocenters. The summed E-state index contributed by atoms with van der Waals surface area (Å²) in [7, 11) is 0. The molecule has 1 aromatic heterocycles. The zero-order valence-corrected chi connectivity index (χ0v) is 43.6. The molecular formula is C77H53N3. The Hall–Kier alpha value is -10.5. The van der Waals surface area contributed by atoms with Crippen molar-refractivity contribution in [2.24, 2.45) is 0 Å². The van der Waals surface area contributed by atoms with Crippen LogP contribution in [0.4, 0.5) is 34.1 Å². The van der Waals surface area contributed by atoms with Crippen LogP contribution in [0.15, 0.2) is 321 Å². The Morgan fingerprint density at radius 1 is 0.287 bits per heavy atom. The van der Waals surface area contributed by atoms with E-state index in [1.54, 1.807) is 0 Å². The number of aromatic nitrogens is 1. The van der Waals surface area contributed by atoms with E-state index < -0.39 is 5.41 Å². The molecule has 14 aromatic rings. The first-order valence-corrected chi connectivity index (χ1v) is 27.2. The summed E-state index contributed by atoms with van der Waals surface area (Å²) in [4.78, 5) is 4.21. The molecule has 376 valence electrons. The predicted molar refractivity (Wildman–Crippen MR) is 336 cm³/mol. The van der Waals surface area contributed by atoms with Crippen LogP contribution < -0.4 is 9.80 Å². The summed E-state index contributed by atoms with van der Waals surface area (Å²) in [6.45, 7) is 0. The molecule has 0 amide bonds. The maximum Gasteiger partial charge on any atom is 0.0714 e. The van der Waals surface area contributed by atoms with Crippen LogP contribution in [0, 0.1) is 0 Å². The van der Waals surface area contributed by atoms with Crippen LogP contribution in [0.3, 0.4) is 0 Å². The van der Waals surface area contributed by atoms with E-state index in [1.165, 1.54) is 38.8 Å². The summed E-state index contributed by atoms with van der Waals surface area (Å²) in [6.07, 6.45) is 0. The third-order valence-electron chi connectivity index (χ3n) is 16.1. The van der Waals surface area contributed by atoms with Gasteiger partial charge in [-0.25, -0.2) is 0 Å². The average Bonchev–Trinajstić information content (AvgIpc) is 1.76. The van der Waals surface area contributed by atoms with Gasteiger partial charge in [-0.05, 0) is 163 Å². The third-order valence-corrected chi connectivity index (χ3v) is 16.1. The summed E-state index contributed by atoms with van der Waals surface area (Å²) in [5, 5.41) is 4.20. The first-order valence-electron chi connectivity index (χ1n) is 29.2. The topological polar surface area (TPSA) is 11.4 Å². The van der Waals surface area contributed by atoms with E-state index in [4.69, 9.17) is 0 Å². The summed E-state index contributed by atoms with van der Waals surface area (Å²) in [5.74, 6) is 0. The van der Waals surface area contributed by atoms with E-state index in [-0.39, 0.29) is 35.4 Å². The quantitative estimate of drug-likeness (QED) is 0.128. The summed E-state index contributed by atoms with van der Waals surface area (Å²) in [6, 6.07) is 103. The van der Waals surface area contributed by atoms with Gasteiger partial charge >= 0.3 is 0 Å². The van der Waals surface area contributed by atoms with Gasteiger partial charge in [0.1, 0.15) is 0 Å². The van der Waals surface area contributed by atoms with Crippen LogP contribution in [0.5, 0.6) is 0 Å². The highest BCUT2D eigenvalue weighted by atomic mass is 15.1. The van der Waals surface area contributed by atoms with Crippen molar-refractivity contribution in [3.63, 3.8) is 0 Å². The fraction of sp³-hybridized carbons (Fsp3) is 0.0130. The number of para-hydroxylation sites is 3. The van der Waals surface area contributed by atoms with Gasteiger partial charge in [0.05, 0.1) is 21.9 Å². The van der Waals surface area contributed by atoms with Crippen LogP contribution in [-0.2, 0) is 5.41 Å². The molecule has 0 bridgehead atoms. The lowest BCUT2D eigenvalue weighted by atomic mass is 9.67. The number of hydrogen-bond acceptors (Lipinski definition) is 2. The van der Waals surface area contributed by atoms with Gasteiger partial charge in [0.25, 0.3) is 0 Å². The Bertz CT molecular complexity index is 4770. The summed E-state index contributed by atoms with van der Waals surface area (Å²) >= 11 is 0. The molecule has 0 spiro atoms. The number of fused-ring (bicyclic) bond motifs is 7. The monoisotopic (exact) mass is 1020 g/mol. The lowest BCUT2D eigenvalue weighted by molar-refractivity contribution is 0.768. The normalized spacial score (nSPS) is 13.1. The van der Waals surface area contributed by atoms with Crippen LogP contribution in [0.1, 0.15) is 27.7 Å². The smallest absolute Gasteiger partial charge is 0.0714 e. The van der Waals surface area contributed by atoms with Gasteiger partial charge in [0.2, 0.25) is 0 Å². The minimum Gasteiger partial charge on any atom is -0.310 e. The highest BCUT2D eigenvalue weighted by Crippen LogP contribution is 2.57. The molecule has 0 radical (unpaired) electrons. The Balaban J connectivity index is 0.896. The van der Waals surface area contributed by atoms with Crippen LogP contribution in [0.25, 0.3) is 71.6 Å². The first-order chi connectivity index (χ1) is 41.3. The minimum atomic E-state index is -0.615. The van der Waals surface area contributed by atoms with Gasteiger partial charge in [-0.2, -0.15) is 0 Å². The number of rotatable bonds is 11. The molecule has 0 N–H and O–H groups in total. The molecular weight excluding hydrogens is 967 g/mol. The fourth-order valence-corrected chi connectivity index (χ4v) is 12.5. The van der Waals surface area contributed by atoms with E-state index in [2.05, 4.69) is 216 Å². The minimum absolute atomic E-state index is 0.113. The average molecular weight is 1020 g/mol. The van der Waals surface area contributed by atoms with Crippen molar-refractivity contribution in [2.75, 3.05) is 9.80 Å². The Kier molecular flexibility index (Phi) is 10.4. The van der Waals surface area contributed by atoms with Gasteiger partial charge in [-0.1, -0.05) is 224 Å². The number of hydrogen-bond donors (Lipinski definition) is 0. The van der Waals surface area contributed by atoms with Crippen LogP contribution >= 0.6 is 0 Å². The predicted octanol–water partition coefficient (Wildman–Crippen LogP) is 20.6. The lowest BCUT2D eigenvalue weighted by Gasteiger charge is -2.35. The van der Waals surface area contributed by atoms with Crippen molar-refractivity contribution >= 4 is 66.7 Å². The van der Waals surface area contributed by atoms with E-state index in [9.17, 15) is 5.48 Å². The number of benzene rings is 13. The molecule has 0 unspecified atom stereocenters. The van der Waals surface area contributed by atoms with Gasteiger partial charge < -0.3 is 14.4 Å². The van der Waals surface area contributed by atoms with Crippen LogP contribution in [-0.4, -0.2) is 4.57 Å². The maximum absolute atomic E-state index is 9.68. The highest BCUT2D eigenvalue weighted by molar-refractivity contribution is 6.10. The summed E-state index contributed by atoms with van der Waals surface area (Å²) < 4.78 is 41.1. The van der Waals surface area contributed by atoms with Gasteiger partial charge in [0.15, 0.2) is 0 Å². The van der Waals surface area contributed by atoms with Crippen molar-refractivity contribution < 1.29 is 5.48 Å². The molecule has 3 nitrogen and oxygen atoms in total. The van der Waals surface area contributed by atoms with Crippen molar-refractivity contribution in [3.8, 4) is 39.1 Å². The van der Waals surface area contributed by atoms with Gasteiger partial charge in [0, 0.05) is 50.6 Å². The maximum atomic E-state index is 9.68. The molecule has 1 aliphatic carbocycles. The molecule has 0 aliphatic heterocycles. The van der Waals surface area contributed by atoms with E-state index in [0.717, 1.165) is 72.4 Å². The highest BCUT2D eigenvalue weighted by Gasteiger charge is 2.46. The molecule has 3 heteroatoms. The first kappa shape index (κ1) is 42.6. The summed E-state index contributed by atoms with van der Waals surface area (Å²) in [5.41, 5.74) is 17.3. The molecule has 0 saturated carbocycles. The Morgan fingerprint density at radius 3 is 1.56 bits per heavy atom. The van der Waals surface area contributed by atoms with E-state index in [0.29, 0.717) is 5.56 Å². The second-order valence-electron chi connectivity index (χ2n) is 20.5. The zero-order chi connectivity index (χ0) is 56.5. The third kappa shape index (κ3) is 7.82. The van der Waals surface area contributed by atoms with Crippen molar-refractivity contribution in [3.05, 3.63) is 344 Å². The molecule has 1 heterocycles. The lowest BCUT2D eigenvalue weighted by Crippen LogP contribution is -2.28. The SMILES string of the molecule is [2H]c1c([2H])c(N(c2ccccc2)c2cccc(-c3ccccc3)c2)c([2H])c([2H])c1-c1ccc2cc(N(c3ccc4c(c3)C(c3ccccc3)(c3ccccc3)c3ccccc3-4)c3ccc4c5ccccc5n(-c5ccccc5)c4c3)ccc2c1. The number of anilines is 6. The molecule has 0 fully saturated rings.